The van der Waals surface area contributed by atoms with Crippen LogP contribution < -0.4 is 0 Å². The number of hydrogen-bond donors (Lipinski definition) is 1. The molecular formula is C9H12O2. The van der Waals surface area contributed by atoms with Crippen LogP contribution in [0.3, 0.4) is 0 Å². The highest BCUT2D eigenvalue weighted by atomic mass is 16.3. The zero-order valence-corrected chi connectivity index (χ0v) is 6.53. The van der Waals surface area contributed by atoms with Gasteiger partial charge in [0, 0.05) is 5.92 Å². The molecule has 1 fully saturated rings. The molecule has 1 N–H and O–H groups in total. The van der Waals surface area contributed by atoms with Crippen LogP contribution in [0.1, 0.15) is 25.0 Å². The molecule has 60 valence electrons. The molecule has 0 aliphatic heterocycles. The molecule has 3 atom stereocenters. The zero-order chi connectivity index (χ0) is 7.84. The van der Waals surface area contributed by atoms with E-state index in [2.05, 4.69) is 0 Å². The molecule has 2 rings (SSSR count). The Balaban J connectivity index is 2.02. The van der Waals surface area contributed by atoms with E-state index in [1.54, 1.807) is 6.26 Å². The molecule has 2 heteroatoms. The number of aliphatic hydroxyl groups is 1. The predicted octanol–water partition coefficient (Wildman–Crippen LogP) is 1.76. The van der Waals surface area contributed by atoms with Gasteiger partial charge in [-0.1, -0.05) is 0 Å². The fourth-order valence-corrected chi connectivity index (χ4v) is 1.58. The van der Waals surface area contributed by atoms with Gasteiger partial charge in [-0.2, -0.15) is 0 Å². The lowest BCUT2D eigenvalue weighted by Crippen LogP contribution is -2.02. The highest BCUT2D eigenvalue weighted by Crippen LogP contribution is 2.49. The normalized spacial score (nSPS) is 31.8. The fraction of sp³-hybridized carbons (Fsp3) is 0.556. The Morgan fingerprint density at radius 3 is 3.00 bits per heavy atom. The highest BCUT2D eigenvalue weighted by molar-refractivity contribution is 5.15. The van der Waals surface area contributed by atoms with Gasteiger partial charge in [0.2, 0.25) is 0 Å². The van der Waals surface area contributed by atoms with Crippen molar-refractivity contribution in [2.24, 2.45) is 5.92 Å². The van der Waals surface area contributed by atoms with Crippen LogP contribution in [0.4, 0.5) is 0 Å². The van der Waals surface area contributed by atoms with Crippen LogP contribution >= 0.6 is 0 Å². The smallest absolute Gasteiger partial charge is 0.107 e. The summed E-state index contributed by atoms with van der Waals surface area (Å²) < 4.78 is 5.23. The summed E-state index contributed by atoms with van der Waals surface area (Å²) in [6.07, 6.45) is 2.57. The van der Waals surface area contributed by atoms with E-state index in [-0.39, 0.29) is 6.10 Å². The monoisotopic (exact) mass is 152 g/mol. The lowest BCUT2D eigenvalue weighted by atomic mass is 10.2. The Morgan fingerprint density at radius 1 is 1.73 bits per heavy atom. The standard InChI is InChI=1S/C9H12O2/c1-6(10)7-5-8(7)9-3-2-4-11-9/h2-4,6-8,10H,5H2,1H3/t6-,7-,8+/m0/s1. The number of hydrogen-bond acceptors (Lipinski definition) is 2. The Kier molecular flexibility index (Phi) is 1.50. The molecule has 0 unspecified atom stereocenters. The van der Waals surface area contributed by atoms with Gasteiger partial charge in [-0.15, -0.1) is 0 Å². The van der Waals surface area contributed by atoms with E-state index in [0.717, 1.165) is 12.2 Å². The fourth-order valence-electron chi connectivity index (χ4n) is 1.58. The van der Waals surface area contributed by atoms with Crippen molar-refractivity contribution >= 4 is 0 Å². The van der Waals surface area contributed by atoms with Crippen molar-refractivity contribution in [1.82, 2.24) is 0 Å². The Labute approximate surface area is 65.8 Å². The van der Waals surface area contributed by atoms with Gasteiger partial charge in [0.1, 0.15) is 5.76 Å². The van der Waals surface area contributed by atoms with Gasteiger partial charge in [0.25, 0.3) is 0 Å². The van der Waals surface area contributed by atoms with E-state index >= 15 is 0 Å². The molecule has 0 aromatic carbocycles. The average molecular weight is 152 g/mol. The van der Waals surface area contributed by atoms with Crippen molar-refractivity contribution in [1.29, 1.82) is 0 Å². The summed E-state index contributed by atoms with van der Waals surface area (Å²) in [6.45, 7) is 1.84. The van der Waals surface area contributed by atoms with Crippen LogP contribution in [0.2, 0.25) is 0 Å². The summed E-state index contributed by atoms with van der Waals surface area (Å²) >= 11 is 0. The number of furan rings is 1. The Bertz CT molecular complexity index is 226. The molecule has 1 aliphatic rings. The molecule has 1 aromatic rings. The van der Waals surface area contributed by atoms with E-state index in [9.17, 15) is 5.11 Å². The second kappa shape index (κ2) is 2.38. The third-order valence-corrected chi connectivity index (χ3v) is 2.37. The zero-order valence-electron chi connectivity index (χ0n) is 6.53. The molecule has 1 aliphatic carbocycles. The molecule has 0 amide bonds. The van der Waals surface area contributed by atoms with Gasteiger partial charge in [-0.3, -0.25) is 0 Å². The van der Waals surface area contributed by atoms with Crippen molar-refractivity contribution < 1.29 is 9.52 Å². The molecule has 0 bridgehead atoms. The average Bonchev–Trinajstić information content (AvgIpc) is 2.60. The van der Waals surface area contributed by atoms with Gasteiger partial charge in [0.05, 0.1) is 12.4 Å². The summed E-state index contributed by atoms with van der Waals surface area (Å²) in [6, 6.07) is 3.87. The summed E-state index contributed by atoms with van der Waals surface area (Å²) in [5, 5.41) is 9.22. The molecule has 1 saturated carbocycles. The van der Waals surface area contributed by atoms with Gasteiger partial charge in [-0.05, 0) is 31.4 Å². The van der Waals surface area contributed by atoms with Crippen molar-refractivity contribution in [3.05, 3.63) is 24.2 Å². The maximum absolute atomic E-state index is 9.22. The quantitative estimate of drug-likeness (QED) is 0.700. The van der Waals surface area contributed by atoms with Gasteiger partial charge in [0.15, 0.2) is 0 Å². The number of aliphatic hydroxyl groups excluding tert-OH is 1. The predicted molar refractivity (Wildman–Crippen MR) is 41.2 cm³/mol. The van der Waals surface area contributed by atoms with Crippen LogP contribution in [0.5, 0.6) is 0 Å². The molecule has 2 nitrogen and oxygen atoms in total. The third-order valence-electron chi connectivity index (χ3n) is 2.37. The number of rotatable bonds is 2. The first kappa shape index (κ1) is 6.92. The van der Waals surface area contributed by atoms with E-state index < -0.39 is 0 Å². The minimum absolute atomic E-state index is 0.190. The van der Waals surface area contributed by atoms with Gasteiger partial charge in [-0.25, -0.2) is 0 Å². The molecule has 1 aromatic heterocycles. The SMILES string of the molecule is C[C@H](O)[C@@H]1C[C@H]1c1ccco1. The van der Waals surface area contributed by atoms with Crippen LogP contribution in [0, 0.1) is 5.92 Å². The van der Waals surface area contributed by atoms with E-state index in [0.29, 0.717) is 11.8 Å². The minimum Gasteiger partial charge on any atom is -0.469 e. The van der Waals surface area contributed by atoms with E-state index in [1.165, 1.54) is 0 Å². The van der Waals surface area contributed by atoms with Crippen molar-refractivity contribution in [3.8, 4) is 0 Å². The summed E-state index contributed by atoms with van der Waals surface area (Å²) in [5.74, 6) is 1.93. The van der Waals surface area contributed by atoms with Crippen LogP contribution in [-0.4, -0.2) is 11.2 Å². The minimum atomic E-state index is -0.190. The highest BCUT2D eigenvalue weighted by Gasteiger charge is 2.43. The van der Waals surface area contributed by atoms with E-state index in [4.69, 9.17) is 4.42 Å². The molecule has 0 saturated heterocycles. The summed E-state index contributed by atoms with van der Waals surface area (Å²) in [7, 11) is 0. The molecule has 0 spiro atoms. The third kappa shape index (κ3) is 1.18. The first-order valence-electron chi connectivity index (χ1n) is 4.00. The Hall–Kier alpha value is -0.760. The van der Waals surface area contributed by atoms with Crippen LogP contribution in [-0.2, 0) is 0 Å². The molecule has 1 heterocycles. The van der Waals surface area contributed by atoms with Gasteiger partial charge < -0.3 is 9.52 Å². The van der Waals surface area contributed by atoms with Crippen molar-refractivity contribution in [2.75, 3.05) is 0 Å². The first-order chi connectivity index (χ1) is 5.29. The largest absolute Gasteiger partial charge is 0.469 e. The van der Waals surface area contributed by atoms with Crippen molar-refractivity contribution in [3.63, 3.8) is 0 Å². The van der Waals surface area contributed by atoms with Crippen LogP contribution in [0.25, 0.3) is 0 Å². The second-order valence-corrected chi connectivity index (χ2v) is 3.26. The lowest BCUT2D eigenvalue weighted by molar-refractivity contribution is 0.167. The summed E-state index contributed by atoms with van der Waals surface area (Å²) in [4.78, 5) is 0. The first-order valence-corrected chi connectivity index (χ1v) is 4.00. The maximum Gasteiger partial charge on any atom is 0.107 e. The molecule has 0 radical (unpaired) electrons. The lowest BCUT2D eigenvalue weighted by Gasteiger charge is -1.99. The molecule has 11 heavy (non-hydrogen) atoms. The Morgan fingerprint density at radius 2 is 2.55 bits per heavy atom. The summed E-state index contributed by atoms with van der Waals surface area (Å²) in [5.41, 5.74) is 0. The topological polar surface area (TPSA) is 33.4 Å². The maximum atomic E-state index is 9.22. The van der Waals surface area contributed by atoms with E-state index in [1.807, 2.05) is 19.1 Å². The van der Waals surface area contributed by atoms with Crippen LogP contribution in [0.15, 0.2) is 22.8 Å². The second-order valence-electron chi connectivity index (χ2n) is 3.26. The van der Waals surface area contributed by atoms with Crippen molar-refractivity contribution in [2.45, 2.75) is 25.4 Å². The van der Waals surface area contributed by atoms with Gasteiger partial charge >= 0.3 is 0 Å². The molecular weight excluding hydrogens is 140 g/mol.